The summed E-state index contributed by atoms with van der Waals surface area (Å²) in [7, 11) is 1.65. The number of aromatic nitrogens is 1. The minimum atomic E-state index is 0.703. The van der Waals surface area contributed by atoms with Gasteiger partial charge in [0, 0.05) is 0 Å². The normalized spacial score (nSPS) is 10.4. The van der Waals surface area contributed by atoms with Crippen LogP contribution < -0.4 is 15.5 Å². The molecule has 1 aromatic heterocycles. The maximum atomic E-state index is 5.62. The Balaban J connectivity index is 2.78. The summed E-state index contributed by atoms with van der Waals surface area (Å²) in [4.78, 5) is 3.05. The molecular weight excluding hydrogens is 172 g/mol. The number of anilines is 1. The van der Waals surface area contributed by atoms with Gasteiger partial charge in [0.2, 0.25) is 0 Å². The number of para-hydroxylation sites is 1. The molecule has 0 aliphatic carbocycles. The van der Waals surface area contributed by atoms with E-state index in [0.29, 0.717) is 5.13 Å². The molecule has 0 aliphatic heterocycles. The highest BCUT2D eigenvalue weighted by atomic mass is 32.1. The van der Waals surface area contributed by atoms with Gasteiger partial charge in [-0.1, -0.05) is 6.07 Å². The molecular formula is C8H9N2OS+. The van der Waals surface area contributed by atoms with E-state index >= 15 is 0 Å². The van der Waals surface area contributed by atoms with Gasteiger partial charge >= 0.3 is 5.13 Å². The number of ether oxygens (including phenoxy) is 1. The number of methoxy groups -OCH3 is 1. The summed E-state index contributed by atoms with van der Waals surface area (Å²) in [6, 6.07) is 5.87. The first-order valence-corrected chi connectivity index (χ1v) is 4.37. The SMILES string of the molecule is COc1cccc2sc(N)[nH+]c12. The van der Waals surface area contributed by atoms with E-state index in [4.69, 9.17) is 10.5 Å². The van der Waals surface area contributed by atoms with E-state index in [-0.39, 0.29) is 0 Å². The topological polar surface area (TPSA) is 49.4 Å². The lowest BCUT2D eigenvalue weighted by Crippen LogP contribution is -2.04. The fraction of sp³-hybridized carbons (Fsp3) is 0.125. The molecule has 0 spiro atoms. The van der Waals surface area contributed by atoms with Gasteiger partial charge < -0.3 is 4.74 Å². The summed E-state index contributed by atoms with van der Waals surface area (Å²) < 4.78 is 6.28. The fourth-order valence-electron chi connectivity index (χ4n) is 1.16. The Kier molecular flexibility index (Phi) is 1.62. The summed E-state index contributed by atoms with van der Waals surface area (Å²) in [6.45, 7) is 0. The highest BCUT2D eigenvalue weighted by molar-refractivity contribution is 7.21. The van der Waals surface area contributed by atoms with Crippen molar-refractivity contribution in [2.45, 2.75) is 0 Å². The van der Waals surface area contributed by atoms with E-state index < -0.39 is 0 Å². The second-order valence-electron chi connectivity index (χ2n) is 2.42. The number of rotatable bonds is 1. The lowest BCUT2D eigenvalue weighted by Gasteiger charge is -1.96. The van der Waals surface area contributed by atoms with Gasteiger partial charge in [-0.25, -0.2) is 4.98 Å². The molecule has 0 amide bonds. The highest BCUT2D eigenvalue weighted by Gasteiger charge is 2.09. The summed E-state index contributed by atoms with van der Waals surface area (Å²) in [5, 5.41) is 0.703. The molecule has 62 valence electrons. The van der Waals surface area contributed by atoms with Crippen molar-refractivity contribution in [1.82, 2.24) is 0 Å². The molecule has 2 rings (SSSR count). The number of H-pyrrole nitrogens is 1. The van der Waals surface area contributed by atoms with Crippen LogP contribution >= 0.6 is 11.3 Å². The lowest BCUT2D eigenvalue weighted by molar-refractivity contribution is -0.321. The van der Waals surface area contributed by atoms with Crippen molar-refractivity contribution in [3.8, 4) is 5.75 Å². The number of fused-ring (bicyclic) bond motifs is 1. The molecule has 0 radical (unpaired) electrons. The molecule has 0 saturated carbocycles. The van der Waals surface area contributed by atoms with Gasteiger partial charge in [-0.3, -0.25) is 5.73 Å². The third-order valence-electron chi connectivity index (χ3n) is 1.68. The molecule has 0 fully saturated rings. The van der Waals surface area contributed by atoms with Crippen LogP contribution in [-0.2, 0) is 0 Å². The van der Waals surface area contributed by atoms with Gasteiger partial charge in [0.1, 0.15) is 0 Å². The fourth-order valence-corrected chi connectivity index (χ4v) is 1.95. The Bertz CT molecular complexity index is 410. The first-order valence-electron chi connectivity index (χ1n) is 3.55. The minimum absolute atomic E-state index is 0.703. The van der Waals surface area contributed by atoms with Crippen molar-refractivity contribution in [3.63, 3.8) is 0 Å². The third-order valence-corrected chi connectivity index (χ3v) is 2.56. The van der Waals surface area contributed by atoms with Crippen molar-refractivity contribution >= 4 is 26.7 Å². The molecule has 4 heteroatoms. The molecule has 1 aromatic carbocycles. The number of nitrogens with one attached hydrogen (secondary N) is 1. The van der Waals surface area contributed by atoms with E-state index in [2.05, 4.69) is 4.98 Å². The van der Waals surface area contributed by atoms with E-state index in [0.717, 1.165) is 16.0 Å². The number of nitrogens with two attached hydrogens (primary N) is 1. The summed E-state index contributed by atoms with van der Waals surface area (Å²) in [5.74, 6) is 0.834. The predicted molar refractivity (Wildman–Crippen MR) is 49.3 cm³/mol. The average Bonchev–Trinajstić information content (AvgIpc) is 2.44. The Morgan fingerprint density at radius 3 is 3.08 bits per heavy atom. The first kappa shape index (κ1) is 7.36. The Morgan fingerprint density at radius 2 is 2.33 bits per heavy atom. The van der Waals surface area contributed by atoms with E-state index in [1.54, 1.807) is 7.11 Å². The molecule has 3 N–H and O–H groups in total. The van der Waals surface area contributed by atoms with Crippen LogP contribution in [0.2, 0.25) is 0 Å². The summed E-state index contributed by atoms with van der Waals surface area (Å²) >= 11 is 1.52. The van der Waals surface area contributed by atoms with E-state index in [1.165, 1.54) is 11.3 Å². The maximum Gasteiger partial charge on any atom is 0.330 e. The molecule has 12 heavy (non-hydrogen) atoms. The van der Waals surface area contributed by atoms with Crippen molar-refractivity contribution in [2.24, 2.45) is 0 Å². The second-order valence-corrected chi connectivity index (χ2v) is 3.51. The number of thiazole rings is 1. The zero-order valence-electron chi connectivity index (χ0n) is 6.63. The average molecular weight is 181 g/mol. The van der Waals surface area contributed by atoms with Gasteiger partial charge in [0.25, 0.3) is 0 Å². The van der Waals surface area contributed by atoms with Crippen molar-refractivity contribution in [2.75, 3.05) is 12.8 Å². The zero-order chi connectivity index (χ0) is 8.55. The summed E-state index contributed by atoms with van der Waals surface area (Å²) in [5.41, 5.74) is 6.60. The number of benzene rings is 1. The molecule has 0 atom stereocenters. The van der Waals surface area contributed by atoms with Gasteiger partial charge in [-0.2, -0.15) is 0 Å². The van der Waals surface area contributed by atoms with Crippen LogP contribution in [0.3, 0.4) is 0 Å². The predicted octanol–water partition coefficient (Wildman–Crippen LogP) is 1.31. The quantitative estimate of drug-likeness (QED) is 0.721. The number of hydrogen-bond acceptors (Lipinski definition) is 3. The number of nitrogen functional groups attached to an aromatic ring is 1. The van der Waals surface area contributed by atoms with Crippen LogP contribution in [0.15, 0.2) is 18.2 Å². The molecule has 1 heterocycles. The van der Waals surface area contributed by atoms with Crippen LogP contribution in [0.5, 0.6) is 5.75 Å². The largest absolute Gasteiger partial charge is 0.492 e. The monoisotopic (exact) mass is 181 g/mol. The zero-order valence-corrected chi connectivity index (χ0v) is 7.44. The molecule has 0 bridgehead atoms. The number of hydrogen-bond donors (Lipinski definition) is 1. The smallest absolute Gasteiger partial charge is 0.330 e. The van der Waals surface area contributed by atoms with Crippen molar-refractivity contribution in [1.29, 1.82) is 0 Å². The highest BCUT2D eigenvalue weighted by Crippen LogP contribution is 2.26. The molecule has 0 aliphatic rings. The van der Waals surface area contributed by atoms with Crippen LogP contribution in [0.4, 0.5) is 5.13 Å². The standard InChI is InChI=1S/C8H8N2OS/c1-11-5-3-2-4-6-7(5)10-8(9)12-6/h2-4H,1H3,(H2,9,10)/p+1. The molecule has 0 unspecified atom stereocenters. The van der Waals surface area contributed by atoms with Crippen LogP contribution in [-0.4, -0.2) is 7.11 Å². The van der Waals surface area contributed by atoms with Gasteiger partial charge in [-0.05, 0) is 23.5 Å². The summed E-state index contributed by atoms with van der Waals surface area (Å²) in [6.07, 6.45) is 0. The second kappa shape index (κ2) is 2.64. The van der Waals surface area contributed by atoms with Crippen LogP contribution in [0.1, 0.15) is 0 Å². The van der Waals surface area contributed by atoms with Gasteiger partial charge in [0.05, 0.1) is 11.8 Å². The van der Waals surface area contributed by atoms with E-state index in [9.17, 15) is 0 Å². The van der Waals surface area contributed by atoms with Crippen molar-refractivity contribution < 1.29 is 9.72 Å². The van der Waals surface area contributed by atoms with E-state index in [1.807, 2.05) is 18.2 Å². The Labute approximate surface area is 73.8 Å². The third kappa shape index (κ3) is 1.00. The molecule has 2 aromatic rings. The van der Waals surface area contributed by atoms with Crippen molar-refractivity contribution in [3.05, 3.63) is 18.2 Å². The number of aromatic amines is 1. The molecule has 3 nitrogen and oxygen atoms in total. The van der Waals surface area contributed by atoms with Crippen LogP contribution in [0, 0.1) is 0 Å². The lowest BCUT2D eigenvalue weighted by atomic mass is 10.3. The Morgan fingerprint density at radius 1 is 1.50 bits per heavy atom. The van der Waals surface area contributed by atoms with Gasteiger partial charge in [-0.15, -0.1) is 0 Å². The first-order chi connectivity index (χ1) is 5.81. The maximum absolute atomic E-state index is 5.62. The van der Waals surface area contributed by atoms with Gasteiger partial charge in [0.15, 0.2) is 11.3 Å². The van der Waals surface area contributed by atoms with Crippen LogP contribution in [0.25, 0.3) is 10.2 Å². The minimum Gasteiger partial charge on any atom is -0.492 e. The Hall–Kier alpha value is -1.29. The molecule has 0 saturated heterocycles.